The zero-order valence-corrected chi connectivity index (χ0v) is 20.0. The van der Waals surface area contributed by atoms with Crippen molar-refractivity contribution in [2.24, 2.45) is 0 Å². The molecule has 1 aliphatic heterocycles. The fraction of sp³-hybridized carbons (Fsp3) is 0.211. The topological polar surface area (TPSA) is 53.5 Å². The van der Waals surface area contributed by atoms with E-state index in [2.05, 4.69) is 9.88 Å². The summed E-state index contributed by atoms with van der Waals surface area (Å²) < 4.78 is 27.3. The summed E-state index contributed by atoms with van der Waals surface area (Å²) in [5.41, 5.74) is 1.63. The number of hydrogen-bond donors (Lipinski definition) is 0. The molecule has 4 rings (SSSR count). The Balaban J connectivity index is 1.47. The summed E-state index contributed by atoms with van der Waals surface area (Å²) in [6.07, 6.45) is 0. The molecule has 5 nitrogen and oxygen atoms in total. The maximum absolute atomic E-state index is 12.9. The molecular formula is C19H15Cl4N3O2S2. The number of benzene rings is 2. The summed E-state index contributed by atoms with van der Waals surface area (Å²) in [6.45, 7) is 1.76. The number of halogens is 4. The molecule has 0 atom stereocenters. The lowest BCUT2D eigenvalue weighted by molar-refractivity contribution is 0.385. The van der Waals surface area contributed by atoms with E-state index in [-0.39, 0.29) is 9.92 Å². The van der Waals surface area contributed by atoms with Gasteiger partial charge in [-0.2, -0.15) is 4.31 Å². The van der Waals surface area contributed by atoms with E-state index in [1.165, 1.54) is 33.8 Å². The van der Waals surface area contributed by atoms with Gasteiger partial charge >= 0.3 is 0 Å². The summed E-state index contributed by atoms with van der Waals surface area (Å²) in [5, 5.41) is 4.40. The van der Waals surface area contributed by atoms with Crippen LogP contribution in [0.3, 0.4) is 0 Å². The van der Waals surface area contributed by atoms with E-state index in [0.29, 0.717) is 41.2 Å². The number of piperazine rings is 1. The molecule has 0 radical (unpaired) electrons. The third kappa shape index (κ3) is 4.58. The van der Waals surface area contributed by atoms with Gasteiger partial charge < -0.3 is 4.90 Å². The highest BCUT2D eigenvalue weighted by Gasteiger charge is 2.29. The fourth-order valence-corrected chi connectivity index (χ4v) is 6.38. The van der Waals surface area contributed by atoms with Gasteiger partial charge in [0.1, 0.15) is 0 Å². The molecule has 1 fully saturated rings. The van der Waals surface area contributed by atoms with Gasteiger partial charge in [0.2, 0.25) is 10.0 Å². The number of thiazole rings is 1. The van der Waals surface area contributed by atoms with Crippen molar-refractivity contribution >= 4 is 72.9 Å². The molecule has 30 heavy (non-hydrogen) atoms. The Morgan fingerprint density at radius 3 is 2.17 bits per heavy atom. The van der Waals surface area contributed by atoms with Gasteiger partial charge in [-0.05, 0) is 36.4 Å². The fourth-order valence-electron chi connectivity index (χ4n) is 3.15. The van der Waals surface area contributed by atoms with Crippen LogP contribution in [-0.2, 0) is 10.0 Å². The smallest absolute Gasteiger partial charge is 0.243 e. The number of hydrogen-bond acceptors (Lipinski definition) is 5. The molecule has 158 valence electrons. The number of anilines is 1. The van der Waals surface area contributed by atoms with Gasteiger partial charge in [0.05, 0.1) is 20.6 Å². The standard InChI is InChI=1S/C19H15Cl4N3O2S2/c20-13-7-12(8-14(21)9-13)18-11-29-19(24-18)25-3-5-26(6-4-25)30(27,28)15-1-2-16(22)17(23)10-15/h1-2,7-11H,3-6H2. The first-order chi connectivity index (χ1) is 14.2. The molecule has 0 aliphatic carbocycles. The maximum Gasteiger partial charge on any atom is 0.243 e. The third-order valence-electron chi connectivity index (χ3n) is 4.69. The molecule has 1 saturated heterocycles. The predicted octanol–water partition coefficient (Wildman–Crippen LogP) is 5.93. The van der Waals surface area contributed by atoms with Crippen molar-refractivity contribution in [3.05, 3.63) is 61.9 Å². The minimum Gasteiger partial charge on any atom is -0.345 e. The molecule has 3 aromatic rings. The van der Waals surface area contributed by atoms with Gasteiger partial charge in [0, 0.05) is 47.2 Å². The zero-order valence-electron chi connectivity index (χ0n) is 15.4. The number of aromatic nitrogens is 1. The van der Waals surface area contributed by atoms with Crippen LogP contribution in [0.5, 0.6) is 0 Å². The molecule has 0 spiro atoms. The van der Waals surface area contributed by atoms with Gasteiger partial charge in [-0.3, -0.25) is 0 Å². The van der Waals surface area contributed by atoms with Crippen LogP contribution in [0.15, 0.2) is 46.7 Å². The first kappa shape index (κ1) is 22.1. The van der Waals surface area contributed by atoms with E-state index >= 15 is 0 Å². The van der Waals surface area contributed by atoms with Crippen LogP contribution in [0.4, 0.5) is 5.13 Å². The Labute approximate surface area is 198 Å². The average Bonchev–Trinajstić information content (AvgIpc) is 3.20. The van der Waals surface area contributed by atoms with Gasteiger partial charge in [-0.25, -0.2) is 13.4 Å². The molecule has 0 bridgehead atoms. The van der Waals surface area contributed by atoms with E-state index in [4.69, 9.17) is 46.4 Å². The normalized spacial score (nSPS) is 15.5. The second-order valence-corrected chi connectivity index (χ2v) is 11.1. The number of rotatable bonds is 4. The molecule has 0 N–H and O–H groups in total. The first-order valence-electron chi connectivity index (χ1n) is 8.86. The van der Waals surface area contributed by atoms with E-state index in [0.717, 1.165) is 16.4 Å². The lowest BCUT2D eigenvalue weighted by Crippen LogP contribution is -2.48. The first-order valence-corrected chi connectivity index (χ1v) is 12.7. The second kappa shape index (κ2) is 8.82. The minimum atomic E-state index is -3.64. The largest absolute Gasteiger partial charge is 0.345 e. The van der Waals surface area contributed by atoms with E-state index in [1.54, 1.807) is 6.07 Å². The van der Waals surface area contributed by atoms with E-state index < -0.39 is 10.0 Å². The van der Waals surface area contributed by atoms with Crippen molar-refractivity contribution in [3.63, 3.8) is 0 Å². The summed E-state index contributed by atoms with van der Waals surface area (Å²) in [6, 6.07) is 9.65. The highest BCUT2D eigenvalue weighted by Crippen LogP contribution is 2.32. The lowest BCUT2D eigenvalue weighted by atomic mass is 10.2. The van der Waals surface area contributed by atoms with Crippen LogP contribution in [0.2, 0.25) is 20.1 Å². The van der Waals surface area contributed by atoms with Crippen molar-refractivity contribution in [2.75, 3.05) is 31.1 Å². The Morgan fingerprint density at radius 2 is 1.53 bits per heavy atom. The van der Waals surface area contributed by atoms with Crippen LogP contribution >= 0.6 is 57.7 Å². The molecule has 2 heterocycles. The van der Waals surface area contributed by atoms with Crippen molar-refractivity contribution in [2.45, 2.75) is 4.90 Å². The number of sulfonamides is 1. The molecule has 0 unspecified atom stereocenters. The SMILES string of the molecule is O=S(=O)(c1ccc(Cl)c(Cl)c1)N1CCN(c2nc(-c3cc(Cl)cc(Cl)c3)cs2)CC1. The molecule has 2 aromatic carbocycles. The minimum absolute atomic E-state index is 0.139. The van der Waals surface area contributed by atoms with Gasteiger partial charge in [0.15, 0.2) is 5.13 Å². The van der Waals surface area contributed by atoms with Gasteiger partial charge in [-0.15, -0.1) is 11.3 Å². The third-order valence-corrected chi connectivity index (χ3v) is 8.66. The molecule has 0 saturated carbocycles. The Morgan fingerprint density at radius 1 is 0.867 bits per heavy atom. The zero-order chi connectivity index (χ0) is 21.5. The van der Waals surface area contributed by atoms with Crippen molar-refractivity contribution in [3.8, 4) is 11.3 Å². The predicted molar refractivity (Wildman–Crippen MR) is 125 cm³/mol. The quantitative estimate of drug-likeness (QED) is 0.425. The van der Waals surface area contributed by atoms with Gasteiger partial charge in [0.25, 0.3) is 0 Å². The molecular weight excluding hydrogens is 508 g/mol. The lowest BCUT2D eigenvalue weighted by Gasteiger charge is -2.33. The molecule has 1 aliphatic rings. The maximum atomic E-state index is 12.9. The van der Waals surface area contributed by atoms with Crippen LogP contribution in [0.25, 0.3) is 11.3 Å². The van der Waals surface area contributed by atoms with Crippen LogP contribution < -0.4 is 4.90 Å². The average molecular weight is 523 g/mol. The molecule has 0 amide bonds. The van der Waals surface area contributed by atoms with Crippen molar-refractivity contribution in [1.29, 1.82) is 0 Å². The van der Waals surface area contributed by atoms with Crippen LogP contribution in [0.1, 0.15) is 0 Å². The Kier molecular flexibility index (Phi) is 6.51. The number of nitrogens with zero attached hydrogens (tertiary/aromatic N) is 3. The highest BCUT2D eigenvalue weighted by atomic mass is 35.5. The van der Waals surface area contributed by atoms with Crippen molar-refractivity contribution in [1.82, 2.24) is 9.29 Å². The van der Waals surface area contributed by atoms with Crippen LogP contribution in [0, 0.1) is 0 Å². The molecule has 11 heteroatoms. The molecule has 1 aromatic heterocycles. The highest BCUT2D eigenvalue weighted by molar-refractivity contribution is 7.89. The Bertz CT molecular complexity index is 1170. The summed E-state index contributed by atoms with van der Waals surface area (Å²) >= 11 is 25.6. The van der Waals surface area contributed by atoms with Crippen LogP contribution in [-0.4, -0.2) is 43.9 Å². The summed E-state index contributed by atoms with van der Waals surface area (Å²) in [7, 11) is -3.64. The van der Waals surface area contributed by atoms with E-state index in [9.17, 15) is 8.42 Å². The van der Waals surface area contributed by atoms with E-state index in [1.807, 2.05) is 17.5 Å². The van der Waals surface area contributed by atoms with Gasteiger partial charge in [-0.1, -0.05) is 46.4 Å². The summed E-state index contributed by atoms with van der Waals surface area (Å²) in [4.78, 5) is 6.89. The summed E-state index contributed by atoms with van der Waals surface area (Å²) in [5.74, 6) is 0. The second-order valence-electron chi connectivity index (χ2n) is 6.64. The van der Waals surface area contributed by atoms with Crippen molar-refractivity contribution < 1.29 is 8.42 Å². The Hall–Kier alpha value is -1.06. The monoisotopic (exact) mass is 521 g/mol.